The Balaban J connectivity index is 2.70. The molecule has 1 unspecified atom stereocenters. The van der Waals surface area contributed by atoms with Crippen LogP contribution in [-0.4, -0.2) is 29.9 Å². The lowest BCUT2D eigenvalue weighted by Crippen LogP contribution is -2.33. The van der Waals surface area contributed by atoms with Crippen LogP contribution in [0.3, 0.4) is 0 Å². The zero-order valence-electron chi connectivity index (χ0n) is 9.02. The van der Waals surface area contributed by atoms with Crippen LogP contribution in [-0.2, 0) is 10.0 Å². The molecule has 4 N–H and O–H groups in total. The third-order valence-corrected chi connectivity index (χ3v) is 3.77. The fraction of sp³-hybridized carbons (Fsp3) is 0.500. The first-order chi connectivity index (χ1) is 7.33. The third kappa shape index (κ3) is 3.26. The van der Waals surface area contributed by atoms with Crippen LogP contribution < -0.4 is 10.5 Å². The fourth-order valence-electron chi connectivity index (χ4n) is 0.948. The maximum absolute atomic E-state index is 11.7. The Hall–Kier alpha value is -0.990. The van der Waals surface area contributed by atoms with E-state index in [2.05, 4.69) is 14.7 Å². The van der Waals surface area contributed by atoms with Gasteiger partial charge >= 0.3 is 0 Å². The van der Waals surface area contributed by atoms with Crippen molar-refractivity contribution in [3.63, 3.8) is 0 Å². The minimum Gasteiger partial charge on any atom is -0.393 e. The first-order valence-corrected chi connectivity index (χ1v) is 6.52. The van der Waals surface area contributed by atoms with Crippen LogP contribution in [0, 0.1) is 12.8 Å². The molecule has 0 aromatic carbocycles. The van der Waals surface area contributed by atoms with Crippen LogP contribution in [0.1, 0.15) is 12.7 Å². The molecule has 1 rings (SSSR count). The van der Waals surface area contributed by atoms with Crippen molar-refractivity contribution in [3.8, 4) is 0 Å². The predicted molar refractivity (Wildman–Crippen MR) is 64.5 cm³/mol. The van der Waals surface area contributed by atoms with E-state index in [0.717, 1.165) is 0 Å². The number of sulfonamides is 1. The fourth-order valence-corrected chi connectivity index (χ4v) is 2.13. The molecule has 0 saturated carbocycles. The molecule has 16 heavy (non-hydrogen) atoms. The van der Waals surface area contributed by atoms with Gasteiger partial charge in [0.05, 0.1) is 11.2 Å². The Morgan fingerprint density at radius 2 is 2.38 bits per heavy atom. The van der Waals surface area contributed by atoms with E-state index in [1.165, 1.54) is 6.20 Å². The largest absolute Gasteiger partial charge is 0.393 e. The number of aromatic amines is 1. The lowest BCUT2D eigenvalue weighted by atomic mass is 10.2. The summed E-state index contributed by atoms with van der Waals surface area (Å²) in [5.74, 6) is 0.358. The van der Waals surface area contributed by atoms with E-state index in [-0.39, 0.29) is 22.5 Å². The highest BCUT2D eigenvalue weighted by molar-refractivity contribution is 7.89. The molecule has 1 aromatic rings. The Labute approximate surface area is 99.7 Å². The maximum Gasteiger partial charge on any atom is 0.257 e. The average Bonchev–Trinajstić information content (AvgIpc) is 2.61. The summed E-state index contributed by atoms with van der Waals surface area (Å²) in [5, 5.41) is 0.0418. The van der Waals surface area contributed by atoms with Crippen molar-refractivity contribution in [1.29, 1.82) is 0 Å². The van der Waals surface area contributed by atoms with Crippen molar-refractivity contribution in [3.05, 3.63) is 12.0 Å². The Morgan fingerprint density at radius 1 is 1.75 bits per heavy atom. The first kappa shape index (κ1) is 13.1. The second-order valence-electron chi connectivity index (χ2n) is 3.49. The van der Waals surface area contributed by atoms with Gasteiger partial charge in [0.2, 0.25) is 0 Å². The van der Waals surface area contributed by atoms with E-state index >= 15 is 0 Å². The van der Waals surface area contributed by atoms with Gasteiger partial charge in [-0.15, -0.1) is 0 Å². The van der Waals surface area contributed by atoms with E-state index < -0.39 is 10.0 Å². The average molecular weight is 262 g/mol. The summed E-state index contributed by atoms with van der Waals surface area (Å²) in [7, 11) is -3.55. The molecule has 0 saturated heterocycles. The van der Waals surface area contributed by atoms with Gasteiger partial charge in [0.25, 0.3) is 10.0 Å². The minimum absolute atomic E-state index is 0.0418. The number of H-pyrrole nitrogens is 1. The van der Waals surface area contributed by atoms with Gasteiger partial charge in [-0.3, -0.25) is 0 Å². The number of nitrogens with zero attached hydrogens (tertiary/aromatic N) is 1. The van der Waals surface area contributed by atoms with Crippen molar-refractivity contribution in [1.82, 2.24) is 14.7 Å². The summed E-state index contributed by atoms with van der Waals surface area (Å²) in [6.07, 6.45) is 1.27. The van der Waals surface area contributed by atoms with Crippen LogP contribution in [0.2, 0.25) is 0 Å². The second-order valence-corrected chi connectivity index (χ2v) is 5.69. The highest BCUT2D eigenvalue weighted by atomic mass is 32.2. The minimum atomic E-state index is -3.55. The van der Waals surface area contributed by atoms with E-state index in [0.29, 0.717) is 5.82 Å². The lowest BCUT2D eigenvalue weighted by molar-refractivity contribution is 0.571. The Kier molecular flexibility index (Phi) is 4.00. The molecule has 1 heterocycles. The molecule has 0 amide bonds. The predicted octanol–water partition coefficient (Wildman–Crippen LogP) is -0.0814. The molecule has 0 aliphatic rings. The zero-order valence-corrected chi connectivity index (χ0v) is 10.7. The van der Waals surface area contributed by atoms with Gasteiger partial charge in [-0.1, -0.05) is 19.1 Å². The standard InChI is InChI=1S/C8H14N4O2S2/c1-5(8(9)15)3-11-16(13,14)7-4-10-6(2)12-7/h4-5,11H,3H2,1-2H3,(H2,9,15)(H,10,12). The third-order valence-electron chi connectivity index (χ3n) is 2.03. The van der Waals surface area contributed by atoms with Gasteiger partial charge < -0.3 is 10.7 Å². The molecular weight excluding hydrogens is 248 g/mol. The van der Waals surface area contributed by atoms with Crippen LogP contribution in [0.25, 0.3) is 0 Å². The normalized spacial score (nSPS) is 13.6. The summed E-state index contributed by atoms with van der Waals surface area (Å²) in [5.41, 5.74) is 5.38. The summed E-state index contributed by atoms with van der Waals surface area (Å²) in [6.45, 7) is 3.61. The molecule has 0 bridgehead atoms. The number of nitrogens with one attached hydrogen (secondary N) is 2. The molecule has 8 heteroatoms. The van der Waals surface area contributed by atoms with Crippen molar-refractivity contribution in [2.75, 3.05) is 6.54 Å². The van der Waals surface area contributed by atoms with Gasteiger partial charge in [0.15, 0.2) is 5.03 Å². The molecule has 0 fully saturated rings. The molecule has 1 atom stereocenters. The zero-order chi connectivity index (χ0) is 12.3. The number of aromatic nitrogens is 2. The lowest BCUT2D eigenvalue weighted by Gasteiger charge is -2.10. The molecule has 0 radical (unpaired) electrons. The SMILES string of the molecule is Cc1ncc(S(=O)(=O)NCC(C)C(N)=S)[nH]1. The van der Waals surface area contributed by atoms with Crippen molar-refractivity contribution in [2.45, 2.75) is 18.9 Å². The number of hydrogen-bond donors (Lipinski definition) is 3. The highest BCUT2D eigenvalue weighted by Crippen LogP contribution is 2.05. The molecule has 0 spiro atoms. The van der Waals surface area contributed by atoms with Gasteiger partial charge in [0, 0.05) is 12.5 Å². The first-order valence-electron chi connectivity index (χ1n) is 4.63. The Bertz CT molecular complexity index is 480. The number of rotatable bonds is 5. The molecular formula is C8H14N4O2S2. The van der Waals surface area contributed by atoms with Crippen molar-refractivity contribution < 1.29 is 8.42 Å². The van der Waals surface area contributed by atoms with Gasteiger partial charge in [-0.25, -0.2) is 18.1 Å². The van der Waals surface area contributed by atoms with Gasteiger partial charge in [-0.2, -0.15) is 0 Å². The molecule has 0 aliphatic carbocycles. The molecule has 1 aromatic heterocycles. The molecule has 0 aliphatic heterocycles. The number of hydrogen-bond acceptors (Lipinski definition) is 4. The number of aryl methyl sites for hydroxylation is 1. The van der Waals surface area contributed by atoms with E-state index in [4.69, 9.17) is 18.0 Å². The molecule has 6 nitrogen and oxygen atoms in total. The summed E-state index contributed by atoms with van der Waals surface area (Å²) < 4.78 is 25.8. The van der Waals surface area contributed by atoms with E-state index in [9.17, 15) is 8.42 Å². The summed E-state index contributed by atoms with van der Waals surface area (Å²) in [6, 6.07) is 0. The van der Waals surface area contributed by atoms with Crippen molar-refractivity contribution in [2.24, 2.45) is 11.7 Å². The van der Waals surface area contributed by atoms with E-state index in [1.807, 2.05) is 0 Å². The molecule has 90 valence electrons. The maximum atomic E-state index is 11.7. The summed E-state index contributed by atoms with van der Waals surface area (Å²) >= 11 is 4.75. The van der Waals surface area contributed by atoms with E-state index in [1.54, 1.807) is 13.8 Å². The van der Waals surface area contributed by atoms with Crippen LogP contribution in [0.4, 0.5) is 0 Å². The van der Waals surface area contributed by atoms with Gasteiger partial charge in [-0.05, 0) is 6.92 Å². The number of nitrogens with two attached hydrogens (primary N) is 1. The smallest absolute Gasteiger partial charge is 0.257 e. The topological polar surface area (TPSA) is 101 Å². The highest BCUT2D eigenvalue weighted by Gasteiger charge is 2.17. The second kappa shape index (κ2) is 4.89. The number of imidazole rings is 1. The van der Waals surface area contributed by atoms with Crippen LogP contribution in [0.15, 0.2) is 11.2 Å². The monoisotopic (exact) mass is 262 g/mol. The van der Waals surface area contributed by atoms with Gasteiger partial charge in [0.1, 0.15) is 5.82 Å². The summed E-state index contributed by atoms with van der Waals surface area (Å²) in [4.78, 5) is 6.74. The van der Waals surface area contributed by atoms with Crippen LogP contribution >= 0.6 is 12.2 Å². The quantitative estimate of drug-likeness (QED) is 0.644. The van der Waals surface area contributed by atoms with Crippen molar-refractivity contribution >= 4 is 27.2 Å². The van der Waals surface area contributed by atoms with Crippen LogP contribution in [0.5, 0.6) is 0 Å². The Morgan fingerprint density at radius 3 is 2.81 bits per heavy atom. The number of thiocarbonyl (C=S) groups is 1.